The van der Waals surface area contributed by atoms with Crippen molar-refractivity contribution in [3.8, 4) is 0 Å². The Balaban J connectivity index is 5.00. The van der Waals surface area contributed by atoms with Gasteiger partial charge in [0.1, 0.15) is 0 Å². The van der Waals surface area contributed by atoms with E-state index in [4.69, 9.17) is 0 Å². The van der Waals surface area contributed by atoms with Gasteiger partial charge in [0, 0.05) is 31.1 Å². The summed E-state index contributed by atoms with van der Waals surface area (Å²) < 4.78 is 0.580. The number of allylic oxidation sites excluding steroid dienone is 2. The number of rotatable bonds is 23. The average Bonchev–Trinajstić information content (AvgIpc) is 2.82. The Morgan fingerprint density at radius 1 is 0.686 bits per heavy atom. The molecule has 0 aliphatic carbocycles. The van der Waals surface area contributed by atoms with Gasteiger partial charge in [-0.3, -0.25) is 9.59 Å². The van der Waals surface area contributed by atoms with Crippen LogP contribution >= 0.6 is 0 Å². The van der Waals surface area contributed by atoms with Crippen LogP contribution in [-0.4, -0.2) is 58.8 Å². The molecule has 0 aromatic carbocycles. The fourth-order valence-corrected chi connectivity index (χ4v) is 4.32. The highest BCUT2D eigenvalue weighted by Crippen LogP contribution is 2.21. The SMILES string of the molecule is CC/C=C/CCCCCCCCC[N+](CCC(C)C(=O)[O-])(CCC(C)C(=O)O)CCC(C)C(=O)O. The first-order valence-electron chi connectivity index (χ1n) is 13.7. The Morgan fingerprint density at radius 3 is 1.54 bits per heavy atom. The molecule has 0 fully saturated rings. The van der Waals surface area contributed by atoms with Crippen LogP contribution in [0.5, 0.6) is 0 Å². The van der Waals surface area contributed by atoms with Crippen molar-refractivity contribution in [2.45, 2.75) is 105 Å². The summed E-state index contributed by atoms with van der Waals surface area (Å²) in [7, 11) is 0. The number of quaternary nitrogens is 1. The van der Waals surface area contributed by atoms with Crippen molar-refractivity contribution in [1.29, 1.82) is 0 Å². The second kappa shape index (κ2) is 19.3. The summed E-state index contributed by atoms with van der Waals surface area (Å²) in [6, 6.07) is 0. The van der Waals surface area contributed by atoms with Crippen LogP contribution in [0.25, 0.3) is 0 Å². The van der Waals surface area contributed by atoms with Crippen molar-refractivity contribution in [3.05, 3.63) is 12.2 Å². The molecule has 7 heteroatoms. The van der Waals surface area contributed by atoms with Gasteiger partial charge >= 0.3 is 11.9 Å². The second-order valence-electron chi connectivity index (χ2n) is 10.4. The Bertz CT molecular complexity index is 573. The monoisotopic (exact) mass is 497 g/mol. The summed E-state index contributed by atoms with van der Waals surface area (Å²) >= 11 is 0. The van der Waals surface area contributed by atoms with E-state index in [2.05, 4.69) is 19.1 Å². The number of hydrogen-bond acceptors (Lipinski definition) is 4. The van der Waals surface area contributed by atoms with E-state index in [1.807, 2.05) is 0 Å². The Morgan fingerprint density at radius 2 is 1.11 bits per heavy atom. The molecule has 0 saturated carbocycles. The van der Waals surface area contributed by atoms with Crippen molar-refractivity contribution >= 4 is 17.9 Å². The van der Waals surface area contributed by atoms with Gasteiger partial charge in [-0.2, -0.15) is 0 Å². The predicted molar refractivity (Wildman–Crippen MR) is 138 cm³/mol. The minimum Gasteiger partial charge on any atom is -0.550 e. The van der Waals surface area contributed by atoms with Crippen LogP contribution in [0.3, 0.4) is 0 Å². The standard InChI is InChI=1S/C28H51NO6/c1-5-6-7-8-9-10-11-12-13-14-15-19-29(20-16-23(2)26(30)31,21-17-24(3)27(32)33)22-18-25(4)28(34)35/h6-7,23-25H,5,8-22H2,1-4H3,(H2-,30,31,32,33,34,35)/b7-6+. The van der Waals surface area contributed by atoms with E-state index in [-0.39, 0.29) is 0 Å². The summed E-state index contributed by atoms with van der Waals surface area (Å²) in [4.78, 5) is 34.1. The summed E-state index contributed by atoms with van der Waals surface area (Å²) in [5.74, 6) is -4.32. The average molecular weight is 498 g/mol. The van der Waals surface area contributed by atoms with Gasteiger partial charge in [-0.25, -0.2) is 0 Å². The molecule has 0 heterocycles. The largest absolute Gasteiger partial charge is 0.550 e. The van der Waals surface area contributed by atoms with E-state index in [1.165, 1.54) is 25.7 Å². The van der Waals surface area contributed by atoms with Crippen LogP contribution in [0.2, 0.25) is 0 Å². The molecule has 0 aliphatic heterocycles. The molecule has 0 spiro atoms. The minimum atomic E-state index is -1.08. The number of aliphatic carboxylic acids is 3. The third kappa shape index (κ3) is 16.4. The van der Waals surface area contributed by atoms with E-state index in [0.29, 0.717) is 43.4 Å². The maximum absolute atomic E-state index is 11.4. The fourth-order valence-electron chi connectivity index (χ4n) is 4.32. The highest BCUT2D eigenvalue weighted by atomic mass is 16.4. The lowest BCUT2D eigenvalue weighted by Crippen LogP contribution is -2.52. The molecule has 0 saturated heterocycles. The van der Waals surface area contributed by atoms with Crippen molar-refractivity contribution in [1.82, 2.24) is 0 Å². The fraction of sp³-hybridized carbons (Fsp3) is 0.821. The van der Waals surface area contributed by atoms with Gasteiger partial charge < -0.3 is 24.6 Å². The Kier molecular flexibility index (Phi) is 18.3. The highest BCUT2D eigenvalue weighted by molar-refractivity contribution is 5.69. The number of carboxylic acids is 3. The molecule has 204 valence electrons. The summed E-state index contributed by atoms with van der Waals surface area (Å²) in [5.41, 5.74) is 0. The Hall–Kier alpha value is -1.89. The van der Waals surface area contributed by atoms with Crippen LogP contribution in [-0.2, 0) is 14.4 Å². The van der Waals surface area contributed by atoms with Crippen LogP contribution in [0, 0.1) is 17.8 Å². The maximum Gasteiger partial charge on any atom is 0.306 e. The molecule has 35 heavy (non-hydrogen) atoms. The van der Waals surface area contributed by atoms with Crippen molar-refractivity contribution in [3.63, 3.8) is 0 Å². The summed E-state index contributed by atoms with van der Waals surface area (Å²) in [5, 5.41) is 30.0. The van der Waals surface area contributed by atoms with E-state index in [1.54, 1.807) is 20.8 Å². The smallest absolute Gasteiger partial charge is 0.306 e. The highest BCUT2D eigenvalue weighted by Gasteiger charge is 2.30. The van der Waals surface area contributed by atoms with Gasteiger partial charge in [0.2, 0.25) is 0 Å². The lowest BCUT2D eigenvalue weighted by atomic mass is 10.0. The number of unbranched alkanes of at least 4 members (excludes halogenated alkanes) is 7. The zero-order valence-electron chi connectivity index (χ0n) is 22.7. The van der Waals surface area contributed by atoms with Crippen molar-refractivity contribution in [2.75, 3.05) is 26.2 Å². The van der Waals surface area contributed by atoms with Crippen LogP contribution in [0.1, 0.15) is 105 Å². The van der Waals surface area contributed by atoms with E-state index in [9.17, 15) is 29.7 Å². The molecule has 0 rings (SSSR count). The Labute approximate surface area is 213 Å². The second-order valence-corrected chi connectivity index (χ2v) is 10.4. The van der Waals surface area contributed by atoms with Crippen LogP contribution in [0.4, 0.5) is 0 Å². The first kappa shape index (κ1) is 33.1. The van der Waals surface area contributed by atoms with Gasteiger partial charge in [-0.1, -0.05) is 65.5 Å². The molecular formula is C28H51NO6. The minimum absolute atomic E-state index is 0.442. The number of carbonyl (C=O) groups excluding carboxylic acids is 1. The lowest BCUT2D eigenvalue weighted by Gasteiger charge is -2.41. The first-order chi connectivity index (χ1) is 16.5. The third-order valence-electron chi connectivity index (χ3n) is 7.26. The van der Waals surface area contributed by atoms with Gasteiger partial charge in [0.15, 0.2) is 0 Å². The molecule has 0 bridgehead atoms. The topological polar surface area (TPSA) is 115 Å². The predicted octanol–water partition coefficient (Wildman–Crippen LogP) is 4.89. The first-order valence-corrected chi connectivity index (χ1v) is 13.7. The van der Waals surface area contributed by atoms with Gasteiger partial charge in [0.25, 0.3) is 0 Å². The summed E-state index contributed by atoms with van der Waals surface area (Å²) in [6.07, 6.45) is 16.3. The third-order valence-corrected chi connectivity index (χ3v) is 7.26. The molecule has 0 aromatic heterocycles. The summed E-state index contributed by atoms with van der Waals surface area (Å²) in [6.45, 7) is 9.82. The molecular weight excluding hydrogens is 446 g/mol. The maximum atomic E-state index is 11.4. The van der Waals surface area contributed by atoms with Gasteiger partial charge in [0.05, 0.1) is 38.0 Å². The van der Waals surface area contributed by atoms with E-state index >= 15 is 0 Å². The molecule has 3 unspecified atom stereocenters. The quantitative estimate of drug-likeness (QED) is 0.118. The van der Waals surface area contributed by atoms with E-state index < -0.39 is 35.7 Å². The van der Waals surface area contributed by atoms with Crippen molar-refractivity contribution in [2.24, 2.45) is 17.8 Å². The molecule has 3 atom stereocenters. The molecule has 7 nitrogen and oxygen atoms in total. The van der Waals surface area contributed by atoms with Crippen molar-refractivity contribution < 1.29 is 34.2 Å². The van der Waals surface area contributed by atoms with Crippen LogP contribution < -0.4 is 5.11 Å². The number of hydrogen-bond donors (Lipinski definition) is 2. The lowest BCUT2D eigenvalue weighted by molar-refractivity contribution is -0.929. The molecule has 0 amide bonds. The number of nitrogens with zero attached hydrogens (tertiary/aromatic N) is 1. The molecule has 0 aromatic rings. The zero-order valence-corrected chi connectivity index (χ0v) is 22.7. The number of carboxylic acid groups (broad SMARTS) is 3. The molecule has 2 N–H and O–H groups in total. The molecule has 0 radical (unpaired) electrons. The van der Waals surface area contributed by atoms with Gasteiger partial charge in [-0.05, 0) is 32.1 Å². The molecule has 0 aliphatic rings. The number of carbonyl (C=O) groups is 3. The zero-order chi connectivity index (χ0) is 26.7. The normalized spacial score (nSPS) is 16.0. The van der Waals surface area contributed by atoms with Gasteiger partial charge in [-0.15, -0.1) is 0 Å². The van der Waals surface area contributed by atoms with E-state index in [0.717, 1.165) is 38.6 Å². The van der Waals surface area contributed by atoms with Crippen LogP contribution in [0.15, 0.2) is 12.2 Å².